The number of aliphatic hydroxyl groups is 1. The van der Waals surface area contributed by atoms with Crippen molar-refractivity contribution in [2.45, 2.75) is 20.1 Å². The summed E-state index contributed by atoms with van der Waals surface area (Å²) in [6, 6.07) is 7.36. The lowest BCUT2D eigenvalue weighted by Crippen LogP contribution is -2.05. The Bertz CT molecular complexity index is 588. The number of nitrogens with one attached hydrogen (secondary N) is 1. The molecule has 0 aliphatic carbocycles. The lowest BCUT2D eigenvalue weighted by Gasteiger charge is -2.13. The van der Waals surface area contributed by atoms with Gasteiger partial charge in [0, 0.05) is 23.9 Å². The molecule has 0 saturated carbocycles. The summed E-state index contributed by atoms with van der Waals surface area (Å²) in [5, 5.41) is 23.0. The Morgan fingerprint density at radius 1 is 1.32 bits per heavy atom. The maximum absolute atomic E-state index is 10.0. The average Bonchev–Trinajstić information content (AvgIpc) is 2.42. The van der Waals surface area contributed by atoms with Crippen molar-refractivity contribution in [1.29, 1.82) is 0 Å². The van der Waals surface area contributed by atoms with Gasteiger partial charge in [0.2, 0.25) is 0 Å². The monoisotopic (exact) mass is 278 g/mol. The van der Waals surface area contributed by atoms with Crippen molar-refractivity contribution in [3.05, 3.63) is 52.3 Å². The Morgan fingerprint density at radius 3 is 2.74 bits per heavy atom. The molecule has 0 atom stereocenters. The predicted molar refractivity (Wildman–Crippen MR) is 75.3 cm³/mol. The van der Waals surface area contributed by atoms with Crippen LogP contribution in [-0.4, -0.2) is 15.2 Å². The zero-order chi connectivity index (χ0) is 13.8. The summed E-state index contributed by atoms with van der Waals surface area (Å²) in [6.45, 7) is 1.92. The van der Waals surface area contributed by atoms with Crippen molar-refractivity contribution in [3.63, 3.8) is 0 Å². The second kappa shape index (κ2) is 5.91. The van der Waals surface area contributed by atoms with E-state index in [1.54, 1.807) is 19.2 Å². The molecule has 3 N–H and O–H groups in total. The van der Waals surface area contributed by atoms with Crippen LogP contribution in [0.25, 0.3) is 0 Å². The summed E-state index contributed by atoms with van der Waals surface area (Å²) in [7, 11) is 0. The molecule has 100 valence electrons. The molecule has 5 heteroatoms. The summed E-state index contributed by atoms with van der Waals surface area (Å²) in [4.78, 5) is 4.02. The van der Waals surface area contributed by atoms with E-state index in [-0.39, 0.29) is 12.4 Å². The van der Waals surface area contributed by atoms with Gasteiger partial charge in [0.15, 0.2) is 0 Å². The highest BCUT2D eigenvalue weighted by Gasteiger charge is 2.11. The minimum Gasteiger partial charge on any atom is -0.506 e. The van der Waals surface area contributed by atoms with Crippen molar-refractivity contribution >= 4 is 17.3 Å². The molecule has 0 bridgehead atoms. The fourth-order valence-corrected chi connectivity index (χ4v) is 2.01. The lowest BCUT2D eigenvalue weighted by molar-refractivity contribution is 0.279. The zero-order valence-corrected chi connectivity index (χ0v) is 11.3. The average molecular weight is 279 g/mol. The van der Waals surface area contributed by atoms with Crippen LogP contribution in [0.5, 0.6) is 5.75 Å². The molecule has 0 aliphatic heterocycles. The number of hydrogen-bond acceptors (Lipinski definition) is 4. The highest BCUT2D eigenvalue weighted by atomic mass is 35.5. The van der Waals surface area contributed by atoms with Crippen LogP contribution in [0.4, 0.5) is 5.69 Å². The number of nitrogens with zero attached hydrogens (tertiary/aromatic N) is 1. The highest BCUT2D eigenvalue weighted by molar-refractivity contribution is 6.33. The Kier molecular flexibility index (Phi) is 4.24. The SMILES string of the molecule is Cc1ncc(CO)c(CNc2ccccc2Cl)c1O. The van der Waals surface area contributed by atoms with Gasteiger partial charge in [0.1, 0.15) is 5.75 Å². The molecule has 1 heterocycles. The number of aromatic nitrogens is 1. The predicted octanol–water partition coefficient (Wildman–Crippen LogP) is 2.85. The number of rotatable bonds is 4. The molecule has 2 aromatic rings. The van der Waals surface area contributed by atoms with Gasteiger partial charge in [-0.05, 0) is 19.1 Å². The first-order valence-electron chi connectivity index (χ1n) is 5.89. The van der Waals surface area contributed by atoms with E-state index in [4.69, 9.17) is 11.6 Å². The van der Waals surface area contributed by atoms with Gasteiger partial charge in [-0.25, -0.2) is 0 Å². The van der Waals surface area contributed by atoms with Gasteiger partial charge in [0.05, 0.1) is 23.0 Å². The van der Waals surface area contributed by atoms with Crippen LogP contribution in [-0.2, 0) is 13.2 Å². The van der Waals surface area contributed by atoms with E-state index in [9.17, 15) is 10.2 Å². The van der Waals surface area contributed by atoms with Crippen molar-refractivity contribution in [2.24, 2.45) is 0 Å². The first kappa shape index (κ1) is 13.6. The first-order valence-corrected chi connectivity index (χ1v) is 6.27. The third-order valence-corrected chi connectivity index (χ3v) is 3.26. The molecule has 0 saturated heterocycles. The Balaban J connectivity index is 2.24. The number of para-hydroxylation sites is 1. The van der Waals surface area contributed by atoms with Gasteiger partial charge >= 0.3 is 0 Å². The molecule has 0 radical (unpaired) electrons. The fourth-order valence-electron chi connectivity index (χ4n) is 1.81. The van der Waals surface area contributed by atoms with Crippen LogP contribution >= 0.6 is 11.6 Å². The molecular formula is C14H15ClN2O2. The third-order valence-electron chi connectivity index (χ3n) is 2.93. The summed E-state index contributed by atoms with van der Waals surface area (Å²) in [5.74, 6) is 0.103. The summed E-state index contributed by atoms with van der Waals surface area (Å²) >= 11 is 6.05. The van der Waals surface area contributed by atoms with E-state index < -0.39 is 0 Å². The van der Waals surface area contributed by atoms with E-state index in [0.717, 1.165) is 5.69 Å². The maximum Gasteiger partial charge on any atom is 0.142 e. The molecule has 0 fully saturated rings. The topological polar surface area (TPSA) is 65.4 Å². The fraction of sp³-hybridized carbons (Fsp3) is 0.214. The smallest absolute Gasteiger partial charge is 0.142 e. The second-order valence-corrected chi connectivity index (χ2v) is 4.59. The number of halogens is 1. The number of aryl methyl sites for hydroxylation is 1. The Labute approximate surface area is 116 Å². The van der Waals surface area contributed by atoms with Gasteiger partial charge in [0.25, 0.3) is 0 Å². The minimum absolute atomic E-state index is 0.103. The minimum atomic E-state index is -0.166. The molecule has 0 spiro atoms. The Morgan fingerprint density at radius 2 is 2.05 bits per heavy atom. The molecule has 0 aliphatic rings. The third kappa shape index (κ3) is 2.97. The molecule has 0 amide bonds. The van der Waals surface area contributed by atoms with Crippen LogP contribution in [0.15, 0.2) is 30.5 Å². The molecular weight excluding hydrogens is 264 g/mol. The molecule has 1 aromatic carbocycles. The summed E-state index contributed by atoms with van der Waals surface area (Å²) in [5.41, 5.74) is 2.55. The van der Waals surface area contributed by atoms with Gasteiger partial charge in [-0.1, -0.05) is 23.7 Å². The summed E-state index contributed by atoms with van der Waals surface area (Å²) < 4.78 is 0. The van der Waals surface area contributed by atoms with Gasteiger partial charge in [-0.15, -0.1) is 0 Å². The van der Waals surface area contributed by atoms with E-state index in [2.05, 4.69) is 10.3 Å². The van der Waals surface area contributed by atoms with E-state index >= 15 is 0 Å². The van der Waals surface area contributed by atoms with Crippen LogP contribution in [0.2, 0.25) is 5.02 Å². The van der Waals surface area contributed by atoms with Crippen LogP contribution < -0.4 is 5.32 Å². The van der Waals surface area contributed by atoms with Crippen molar-refractivity contribution < 1.29 is 10.2 Å². The van der Waals surface area contributed by atoms with E-state index in [1.807, 2.05) is 18.2 Å². The number of benzene rings is 1. The number of aliphatic hydroxyl groups excluding tert-OH is 1. The Hall–Kier alpha value is -1.78. The van der Waals surface area contributed by atoms with Crippen molar-refractivity contribution in [1.82, 2.24) is 4.98 Å². The van der Waals surface area contributed by atoms with Gasteiger partial charge in [-0.3, -0.25) is 4.98 Å². The quantitative estimate of drug-likeness (QED) is 0.805. The standard InChI is InChI=1S/C14H15ClN2O2/c1-9-14(19)11(10(8-18)6-16-9)7-17-13-5-3-2-4-12(13)15/h2-6,17-19H,7-8H2,1H3. The molecule has 2 rings (SSSR count). The number of pyridine rings is 1. The molecule has 0 unspecified atom stereocenters. The number of anilines is 1. The number of aromatic hydroxyl groups is 1. The van der Waals surface area contributed by atoms with Crippen LogP contribution in [0.3, 0.4) is 0 Å². The zero-order valence-electron chi connectivity index (χ0n) is 10.5. The van der Waals surface area contributed by atoms with Gasteiger partial charge in [-0.2, -0.15) is 0 Å². The largest absolute Gasteiger partial charge is 0.506 e. The van der Waals surface area contributed by atoms with E-state index in [0.29, 0.717) is 28.4 Å². The van der Waals surface area contributed by atoms with Crippen molar-refractivity contribution in [2.75, 3.05) is 5.32 Å². The van der Waals surface area contributed by atoms with Gasteiger partial charge < -0.3 is 15.5 Å². The molecule has 1 aromatic heterocycles. The normalized spacial score (nSPS) is 10.5. The summed E-state index contributed by atoms with van der Waals surface area (Å²) in [6.07, 6.45) is 1.57. The van der Waals surface area contributed by atoms with Crippen LogP contribution in [0.1, 0.15) is 16.8 Å². The van der Waals surface area contributed by atoms with E-state index in [1.165, 1.54) is 0 Å². The molecule has 4 nitrogen and oxygen atoms in total. The lowest BCUT2D eigenvalue weighted by atomic mass is 10.1. The molecule has 19 heavy (non-hydrogen) atoms. The van der Waals surface area contributed by atoms with Crippen molar-refractivity contribution in [3.8, 4) is 5.75 Å². The highest BCUT2D eigenvalue weighted by Crippen LogP contribution is 2.26. The second-order valence-electron chi connectivity index (χ2n) is 4.19. The van der Waals surface area contributed by atoms with Crippen LogP contribution in [0, 0.1) is 6.92 Å². The number of hydrogen-bond donors (Lipinski definition) is 3. The maximum atomic E-state index is 10.0. The first-order chi connectivity index (χ1) is 9.13.